The number of halogens is 1. The number of carbonyl (C=O) groups excluding carboxylic acids is 1. The van der Waals surface area contributed by atoms with Crippen LogP contribution in [0.1, 0.15) is 29.3 Å². The SMILES string of the molecule is CCC(C(=O)Nc1nnc(COC)s1)n1cnc2sc(C)c(-c3ccc(Cl)cc3)c2c1=O. The van der Waals surface area contributed by atoms with Gasteiger partial charge in [-0.15, -0.1) is 21.5 Å². The molecule has 0 aliphatic heterocycles. The minimum absolute atomic E-state index is 0.261. The summed E-state index contributed by atoms with van der Waals surface area (Å²) in [6, 6.07) is 6.59. The molecule has 0 spiro atoms. The van der Waals surface area contributed by atoms with Crippen LogP contribution in [-0.2, 0) is 16.1 Å². The highest BCUT2D eigenvalue weighted by molar-refractivity contribution is 7.19. The molecule has 1 atom stereocenters. The summed E-state index contributed by atoms with van der Waals surface area (Å²) in [7, 11) is 1.56. The van der Waals surface area contributed by atoms with Crippen molar-refractivity contribution in [3.8, 4) is 11.1 Å². The lowest BCUT2D eigenvalue weighted by atomic mass is 10.0. The molecule has 1 amide bonds. The van der Waals surface area contributed by atoms with E-state index in [1.165, 1.54) is 33.6 Å². The first-order chi connectivity index (χ1) is 15.4. The lowest BCUT2D eigenvalue weighted by Crippen LogP contribution is -2.33. The Morgan fingerprint density at radius 3 is 2.69 bits per heavy atom. The first-order valence-electron chi connectivity index (χ1n) is 9.81. The Morgan fingerprint density at radius 2 is 2.00 bits per heavy atom. The summed E-state index contributed by atoms with van der Waals surface area (Å²) < 4.78 is 6.42. The lowest BCUT2D eigenvalue weighted by molar-refractivity contribution is -0.119. The summed E-state index contributed by atoms with van der Waals surface area (Å²) in [5, 5.41) is 12.8. The van der Waals surface area contributed by atoms with E-state index in [9.17, 15) is 9.59 Å². The van der Waals surface area contributed by atoms with Crippen LogP contribution >= 0.6 is 34.3 Å². The lowest BCUT2D eigenvalue weighted by Gasteiger charge is -2.16. The molecule has 0 saturated heterocycles. The Labute approximate surface area is 196 Å². The van der Waals surface area contributed by atoms with Gasteiger partial charge in [-0.1, -0.05) is 42.0 Å². The van der Waals surface area contributed by atoms with E-state index in [1.54, 1.807) is 19.2 Å². The normalized spacial score (nSPS) is 12.2. The van der Waals surface area contributed by atoms with Crippen molar-refractivity contribution in [2.45, 2.75) is 32.9 Å². The van der Waals surface area contributed by atoms with Gasteiger partial charge in [0.05, 0.1) is 11.7 Å². The molecule has 3 heterocycles. The van der Waals surface area contributed by atoms with Gasteiger partial charge in [0.1, 0.15) is 22.5 Å². The second-order valence-electron chi connectivity index (χ2n) is 7.02. The minimum Gasteiger partial charge on any atom is -0.377 e. The van der Waals surface area contributed by atoms with Crippen molar-refractivity contribution in [1.82, 2.24) is 19.7 Å². The number of rotatable bonds is 7. The Bertz CT molecular complexity index is 1330. The molecule has 0 saturated carbocycles. The Balaban J connectivity index is 1.73. The zero-order chi connectivity index (χ0) is 22.8. The Kier molecular flexibility index (Phi) is 6.66. The summed E-state index contributed by atoms with van der Waals surface area (Å²) in [6.07, 6.45) is 1.85. The molecule has 166 valence electrons. The molecule has 4 aromatic rings. The molecule has 3 aromatic heterocycles. The van der Waals surface area contributed by atoms with Crippen molar-refractivity contribution in [2.24, 2.45) is 0 Å². The first-order valence-corrected chi connectivity index (χ1v) is 11.8. The van der Waals surface area contributed by atoms with Crippen molar-refractivity contribution in [3.05, 3.63) is 55.9 Å². The first kappa shape index (κ1) is 22.5. The summed E-state index contributed by atoms with van der Waals surface area (Å²) in [4.78, 5) is 32.6. The summed E-state index contributed by atoms with van der Waals surface area (Å²) in [6.45, 7) is 4.11. The van der Waals surface area contributed by atoms with Gasteiger partial charge in [0, 0.05) is 22.6 Å². The van der Waals surface area contributed by atoms with Gasteiger partial charge >= 0.3 is 0 Å². The minimum atomic E-state index is -0.743. The standard InChI is InChI=1S/C21H20ClN5O3S2/c1-4-14(18(28)24-21-26-25-15(32-21)9-30-3)27-10-23-19-17(20(27)29)16(11(2)31-19)12-5-7-13(22)8-6-12/h5-8,10,14H,4,9H2,1-3H3,(H,24,26,28). The number of carbonyl (C=O) groups is 1. The molecule has 32 heavy (non-hydrogen) atoms. The number of fused-ring (bicyclic) bond motifs is 1. The fraction of sp³-hybridized carbons (Fsp3) is 0.286. The monoisotopic (exact) mass is 489 g/mol. The summed E-state index contributed by atoms with van der Waals surface area (Å²) in [5.41, 5.74) is 1.44. The van der Waals surface area contributed by atoms with Crippen molar-refractivity contribution >= 4 is 55.5 Å². The zero-order valence-corrected chi connectivity index (χ0v) is 20.0. The molecule has 0 bridgehead atoms. The van der Waals surface area contributed by atoms with E-state index in [1.807, 2.05) is 26.0 Å². The maximum absolute atomic E-state index is 13.5. The van der Waals surface area contributed by atoms with Crippen LogP contribution in [0.5, 0.6) is 0 Å². The fourth-order valence-corrected chi connectivity index (χ4v) is 5.33. The number of aryl methyl sites for hydroxylation is 1. The van der Waals surface area contributed by atoms with Gasteiger partial charge < -0.3 is 4.74 Å². The number of ether oxygens (including phenoxy) is 1. The molecule has 0 aliphatic rings. The average molecular weight is 490 g/mol. The highest BCUT2D eigenvalue weighted by Crippen LogP contribution is 2.36. The van der Waals surface area contributed by atoms with Crippen molar-refractivity contribution < 1.29 is 9.53 Å². The number of thiophene rings is 1. The maximum atomic E-state index is 13.5. The topological polar surface area (TPSA) is 99.0 Å². The maximum Gasteiger partial charge on any atom is 0.263 e. The third kappa shape index (κ3) is 4.31. The van der Waals surface area contributed by atoms with Gasteiger partial charge in [-0.05, 0) is 31.0 Å². The molecular formula is C21H20ClN5O3S2. The summed E-state index contributed by atoms with van der Waals surface area (Å²) >= 11 is 8.71. The Hall–Kier alpha value is -2.66. The van der Waals surface area contributed by atoms with E-state index in [4.69, 9.17) is 16.3 Å². The van der Waals surface area contributed by atoms with Crippen LogP contribution in [0.3, 0.4) is 0 Å². The van der Waals surface area contributed by atoms with Gasteiger partial charge in [0.15, 0.2) is 0 Å². The van der Waals surface area contributed by atoms with Crippen LogP contribution in [-0.4, -0.2) is 32.8 Å². The molecule has 0 fully saturated rings. The van der Waals surface area contributed by atoms with E-state index in [0.717, 1.165) is 16.0 Å². The van der Waals surface area contributed by atoms with Gasteiger partial charge in [-0.25, -0.2) is 4.98 Å². The number of hydrogen-bond acceptors (Lipinski definition) is 8. The van der Waals surface area contributed by atoms with Crippen LogP contribution < -0.4 is 10.9 Å². The van der Waals surface area contributed by atoms with Crippen LogP contribution in [0, 0.1) is 6.92 Å². The largest absolute Gasteiger partial charge is 0.377 e. The average Bonchev–Trinajstić information content (AvgIpc) is 3.35. The molecule has 1 unspecified atom stereocenters. The second-order valence-corrected chi connectivity index (χ2v) is 9.73. The number of amides is 1. The Morgan fingerprint density at radius 1 is 1.25 bits per heavy atom. The van der Waals surface area contributed by atoms with Gasteiger partial charge in [0.25, 0.3) is 5.56 Å². The highest BCUT2D eigenvalue weighted by Gasteiger charge is 2.24. The molecule has 1 N–H and O–H groups in total. The third-order valence-corrected chi connectivity index (χ3v) is 7.01. The van der Waals surface area contributed by atoms with Crippen molar-refractivity contribution in [2.75, 3.05) is 12.4 Å². The van der Waals surface area contributed by atoms with Gasteiger partial charge in [-0.2, -0.15) is 0 Å². The molecule has 0 radical (unpaired) electrons. The van der Waals surface area contributed by atoms with Crippen molar-refractivity contribution in [3.63, 3.8) is 0 Å². The zero-order valence-electron chi connectivity index (χ0n) is 17.6. The highest BCUT2D eigenvalue weighted by atomic mass is 35.5. The molecular weight excluding hydrogens is 470 g/mol. The number of methoxy groups -OCH3 is 1. The van der Waals surface area contributed by atoms with Crippen molar-refractivity contribution in [1.29, 1.82) is 0 Å². The molecule has 1 aromatic carbocycles. The molecule has 8 nitrogen and oxygen atoms in total. The number of nitrogens with zero attached hydrogens (tertiary/aromatic N) is 4. The van der Waals surface area contributed by atoms with E-state index in [2.05, 4.69) is 20.5 Å². The fourth-order valence-electron chi connectivity index (χ4n) is 3.48. The predicted molar refractivity (Wildman–Crippen MR) is 128 cm³/mol. The number of aromatic nitrogens is 4. The number of anilines is 1. The molecule has 0 aliphatic carbocycles. The van der Waals surface area contributed by atoms with E-state index >= 15 is 0 Å². The van der Waals surface area contributed by atoms with Crippen LogP contribution in [0.2, 0.25) is 5.02 Å². The van der Waals surface area contributed by atoms with E-state index in [0.29, 0.717) is 38.4 Å². The quantitative estimate of drug-likeness (QED) is 0.405. The third-order valence-electron chi connectivity index (χ3n) is 4.94. The molecule has 11 heteroatoms. The van der Waals surface area contributed by atoms with E-state index < -0.39 is 6.04 Å². The predicted octanol–water partition coefficient (Wildman–Crippen LogP) is 4.67. The van der Waals surface area contributed by atoms with Gasteiger partial charge in [0.2, 0.25) is 11.0 Å². The molecule has 4 rings (SSSR count). The smallest absolute Gasteiger partial charge is 0.263 e. The number of hydrogen-bond donors (Lipinski definition) is 1. The van der Waals surface area contributed by atoms with Crippen LogP contribution in [0.25, 0.3) is 21.3 Å². The van der Waals surface area contributed by atoms with E-state index in [-0.39, 0.29) is 11.5 Å². The van der Waals surface area contributed by atoms with Gasteiger partial charge in [-0.3, -0.25) is 19.5 Å². The van der Waals surface area contributed by atoms with Crippen LogP contribution in [0.4, 0.5) is 5.13 Å². The number of benzene rings is 1. The number of nitrogens with one attached hydrogen (secondary N) is 1. The van der Waals surface area contributed by atoms with Crippen LogP contribution in [0.15, 0.2) is 35.4 Å². The summed E-state index contributed by atoms with van der Waals surface area (Å²) in [5.74, 6) is -0.351. The second kappa shape index (κ2) is 9.45.